The second-order valence-corrected chi connectivity index (χ2v) is 7.29. The maximum Gasteiger partial charge on any atom is 0.275 e. The van der Waals surface area contributed by atoms with Crippen LogP contribution in [0.15, 0.2) is 59.4 Å². The first-order valence-corrected chi connectivity index (χ1v) is 9.72. The van der Waals surface area contributed by atoms with Crippen molar-refractivity contribution in [3.8, 4) is 11.3 Å². The van der Waals surface area contributed by atoms with E-state index in [-0.39, 0.29) is 24.1 Å². The van der Waals surface area contributed by atoms with E-state index in [1.54, 1.807) is 11.0 Å². The van der Waals surface area contributed by atoms with Gasteiger partial charge in [0.15, 0.2) is 0 Å². The molecule has 0 unspecified atom stereocenters. The molecule has 0 aliphatic carbocycles. The van der Waals surface area contributed by atoms with Crippen LogP contribution in [0.4, 0.5) is 0 Å². The van der Waals surface area contributed by atoms with Gasteiger partial charge in [0.2, 0.25) is 5.91 Å². The van der Waals surface area contributed by atoms with Crippen LogP contribution in [0.3, 0.4) is 0 Å². The number of nitrogens with two attached hydrogens (primary N) is 1. The third-order valence-electron chi connectivity index (χ3n) is 5.33. The number of hydrogen-bond acceptors (Lipinski definition) is 4. The molecular formula is C22H24N4O2. The topological polar surface area (TPSA) is 81.2 Å². The van der Waals surface area contributed by atoms with Crippen molar-refractivity contribution in [3.63, 3.8) is 0 Å². The van der Waals surface area contributed by atoms with Crippen molar-refractivity contribution in [2.75, 3.05) is 13.1 Å². The average Bonchev–Trinajstić information content (AvgIpc) is 2.95. The lowest BCUT2D eigenvalue weighted by Crippen LogP contribution is -2.38. The van der Waals surface area contributed by atoms with Crippen LogP contribution in [0.5, 0.6) is 0 Å². The Morgan fingerprint density at radius 3 is 2.50 bits per heavy atom. The highest BCUT2D eigenvalue weighted by Crippen LogP contribution is 2.24. The molecule has 28 heavy (non-hydrogen) atoms. The van der Waals surface area contributed by atoms with Gasteiger partial charge in [0, 0.05) is 30.1 Å². The number of benzene rings is 2. The van der Waals surface area contributed by atoms with Crippen LogP contribution in [-0.4, -0.2) is 39.7 Å². The number of hydrogen-bond donors (Lipinski definition) is 1. The molecule has 6 nitrogen and oxygen atoms in total. The van der Waals surface area contributed by atoms with E-state index in [0.29, 0.717) is 24.2 Å². The van der Waals surface area contributed by atoms with Gasteiger partial charge >= 0.3 is 0 Å². The number of rotatable bonds is 3. The van der Waals surface area contributed by atoms with Gasteiger partial charge in [-0.15, -0.1) is 0 Å². The molecule has 1 atom stereocenters. The summed E-state index contributed by atoms with van der Waals surface area (Å²) >= 11 is 0. The maximum absolute atomic E-state index is 13.0. The van der Waals surface area contributed by atoms with E-state index in [1.807, 2.05) is 48.5 Å². The smallest absolute Gasteiger partial charge is 0.275 e. The van der Waals surface area contributed by atoms with E-state index in [1.165, 1.54) is 4.68 Å². The van der Waals surface area contributed by atoms with Gasteiger partial charge in [-0.3, -0.25) is 9.59 Å². The highest BCUT2D eigenvalue weighted by Gasteiger charge is 2.21. The molecule has 1 fully saturated rings. The number of aromatic nitrogens is 2. The van der Waals surface area contributed by atoms with Crippen molar-refractivity contribution in [2.24, 2.45) is 5.73 Å². The summed E-state index contributed by atoms with van der Waals surface area (Å²) in [5, 5.41) is 5.94. The van der Waals surface area contributed by atoms with Gasteiger partial charge in [-0.05, 0) is 25.3 Å². The minimum Gasteiger partial charge on any atom is -0.341 e. The Kier molecular flexibility index (Phi) is 5.21. The first kappa shape index (κ1) is 18.4. The van der Waals surface area contributed by atoms with Gasteiger partial charge in [0.05, 0.1) is 11.1 Å². The van der Waals surface area contributed by atoms with Crippen LogP contribution in [0, 0.1) is 0 Å². The van der Waals surface area contributed by atoms with Crippen LogP contribution in [-0.2, 0) is 11.3 Å². The lowest BCUT2D eigenvalue weighted by Gasteiger charge is -2.21. The predicted octanol–water partition coefficient (Wildman–Crippen LogP) is 2.40. The molecule has 0 spiro atoms. The molecule has 0 saturated carbocycles. The van der Waals surface area contributed by atoms with Crippen molar-refractivity contribution in [2.45, 2.75) is 31.8 Å². The summed E-state index contributed by atoms with van der Waals surface area (Å²) in [6, 6.07) is 17.3. The second kappa shape index (κ2) is 7.94. The third-order valence-corrected chi connectivity index (χ3v) is 5.33. The molecule has 1 aromatic heterocycles. The predicted molar refractivity (Wildman–Crippen MR) is 110 cm³/mol. The van der Waals surface area contributed by atoms with E-state index >= 15 is 0 Å². The number of nitrogens with zero attached hydrogens (tertiary/aromatic N) is 3. The quantitative estimate of drug-likeness (QED) is 0.761. The molecule has 3 aromatic rings. The lowest BCUT2D eigenvalue weighted by molar-refractivity contribution is -0.132. The Hall–Kier alpha value is -2.99. The number of carbonyl (C=O) groups is 1. The van der Waals surface area contributed by atoms with E-state index in [2.05, 4.69) is 5.10 Å². The molecule has 0 radical (unpaired) electrons. The lowest BCUT2D eigenvalue weighted by atomic mass is 10.1. The SMILES string of the molecule is N[C@@H]1CCCN(C(=O)Cn2nc(-c3ccccc3)c3ccccc3c2=O)CC1. The normalized spacial score (nSPS) is 17.5. The summed E-state index contributed by atoms with van der Waals surface area (Å²) in [5.74, 6) is -0.0852. The maximum atomic E-state index is 13.0. The summed E-state index contributed by atoms with van der Waals surface area (Å²) < 4.78 is 1.30. The molecule has 144 valence electrons. The first-order chi connectivity index (χ1) is 13.6. The van der Waals surface area contributed by atoms with Crippen molar-refractivity contribution in [1.82, 2.24) is 14.7 Å². The van der Waals surface area contributed by atoms with Crippen molar-refractivity contribution < 1.29 is 4.79 Å². The van der Waals surface area contributed by atoms with Crippen LogP contribution < -0.4 is 11.3 Å². The molecule has 6 heteroatoms. The Morgan fingerprint density at radius 1 is 1.00 bits per heavy atom. The van der Waals surface area contributed by atoms with Gasteiger partial charge in [-0.1, -0.05) is 48.5 Å². The van der Waals surface area contributed by atoms with E-state index in [9.17, 15) is 9.59 Å². The van der Waals surface area contributed by atoms with E-state index in [0.717, 1.165) is 30.2 Å². The zero-order chi connectivity index (χ0) is 19.5. The fourth-order valence-electron chi connectivity index (χ4n) is 3.75. The summed E-state index contributed by atoms with van der Waals surface area (Å²) in [6.45, 7) is 1.26. The van der Waals surface area contributed by atoms with Crippen molar-refractivity contribution in [1.29, 1.82) is 0 Å². The molecule has 2 heterocycles. The molecule has 2 N–H and O–H groups in total. The first-order valence-electron chi connectivity index (χ1n) is 9.72. The zero-order valence-electron chi connectivity index (χ0n) is 15.8. The van der Waals surface area contributed by atoms with Crippen LogP contribution >= 0.6 is 0 Å². The number of fused-ring (bicyclic) bond motifs is 1. The van der Waals surface area contributed by atoms with E-state index < -0.39 is 0 Å². The monoisotopic (exact) mass is 376 g/mol. The Bertz CT molecular complexity index is 1050. The molecular weight excluding hydrogens is 352 g/mol. The summed E-state index contributed by atoms with van der Waals surface area (Å²) in [4.78, 5) is 27.6. The number of amides is 1. The van der Waals surface area contributed by atoms with Gasteiger partial charge in [-0.25, -0.2) is 4.68 Å². The van der Waals surface area contributed by atoms with E-state index in [4.69, 9.17) is 5.73 Å². The average molecular weight is 376 g/mol. The molecule has 0 bridgehead atoms. The minimum atomic E-state index is -0.241. The van der Waals surface area contributed by atoms with Crippen LogP contribution in [0.25, 0.3) is 22.0 Å². The number of likely N-dealkylation sites (tertiary alicyclic amines) is 1. The highest BCUT2D eigenvalue weighted by molar-refractivity contribution is 5.93. The second-order valence-electron chi connectivity index (χ2n) is 7.29. The zero-order valence-corrected chi connectivity index (χ0v) is 15.8. The van der Waals surface area contributed by atoms with Crippen molar-refractivity contribution in [3.05, 3.63) is 65.0 Å². The molecule has 1 aliphatic rings. The fourth-order valence-corrected chi connectivity index (χ4v) is 3.75. The summed E-state index contributed by atoms with van der Waals surface area (Å²) in [6.07, 6.45) is 2.61. The Morgan fingerprint density at radius 2 is 1.71 bits per heavy atom. The van der Waals surface area contributed by atoms with Crippen LogP contribution in [0.1, 0.15) is 19.3 Å². The standard InChI is InChI=1S/C22H24N4O2/c23-17-9-6-13-25(14-12-17)20(27)15-26-22(28)19-11-5-4-10-18(19)21(24-26)16-7-2-1-3-8-16/h1-5,7-8,10-11,17H,6,9,12-15,23H2/t17-/m1/s1. The highest BCUT2D eigenvalue weighted by atomic mass is 16.2. The molecule has 4 rings (SSSR count). The van der Waals surface area contributed by atoms with Gasteiger partial charge in [-0.2, -0.15) is 5.10 Å². The van der Waals surface area contributed by atoms with Gasteiger partial charge in [0.25, 0.3) is 5.56 Å². The Balaban J connectivity index is 1.72. The molecule has 1 amide bonds. The number of carbonyl (C=O) groups excluding carboxylic acids is 1. The van der Waals surface area contributed by atoms with Gasteiger partial charge < -0.3 is 10.6 Å². The van der Waals surface area contributed by atoms with Crippen LogP contribution in [0.2, 0.25) is 0 Å². The fraction of sp³-hybridized carbons (Fsp3) is 0.318. The minimum absolute atomic E-state index is 0.0568. The largest absolute Gasteiger partial charge is 0.341 e. The summed E-state index contributed by atoms with van der Waals surface area (Å²) in [5.41, 5.74) is 7.40. The molecule has 1 saturated heterocycles. The molecule has 2 aromatic carbocycles. The Labute approximate surface area is 163 Å². The molecule has 1 aliphatic heterocycles. The van der Waals surface area contributed by atoms with Gasteiger partial charge in [0.1, 0.15) is 6.54 Å². The third kappa shape index (κ3) is 3.68. The van der Waals surface area contributed by atoms with Crippen molar-refractivity contribution >= 4 is 16.7 Å². The summed E-state index contributed by atoms with van der Waals surface area (Å²) in [7, 11) is 0.